The molecule has 0 aliphatic rings. The van der Waals surface area contributed by atoms with Crippen LogP contribution in [-0.4, -0.2) is 18.6 Å². The Hall–Kier alpha value is -2.82. The van der Waals surface area contributed by atoms with Crippen molar-refractivity contribution in [3.63, 3.8) is 0 Å². The van der Waals surface area contributed by atoms with Crippen molar-refractivity contribution < 1.29 is 14.3 Å². The first-order chi connectivity index (χ1) is 12.0. The number of benzene rings is 2. The smallest absolute Gasteiger partial charge is 0.407 e. The Morgan fingerprint density at radius 3 is 2.28 bits per heavy atom. The van der Waals surface area contributed by atoms with Crippen LogP contribution in [0.15, 0.2) is 48.5 Å². The molecule has 0 saturated heterocycles. The van der Waals surface area contributed by atoms with Gasteiger partial charge in [0.15, 0.2) is 0 Å². The zero-order valence-electron chi connectivity index (χ0n) is 14.8. The van der Waals surface area contributed by atoms with E-state index in [4.69, 9.17) is 4.74 Å². The second kappa shape index (κ2) is 8.87. The van der Waals surface area contributed by atoms with Crippen molar-refractivity contribution >= 4 is 17.7 Å². The number of carbonyl (C=O) groups excluding carboxylic acids is 2. The highest BCUT2D eigenvalue weighted by Crippen LogP contribution is 2.19. The Balaban J connectivity index is 2.09. The molecular formula is C20H24N2O3. The molecule has 0 aromatic heterocycles. The molecule has 0 saturated carbocycles. The molecule has 0 bridgehead atoms. The van der Waals surface area contributed by atoms with Gasteiger partial charge in [-0.15, -0.1) is 0 Å². The molecule has 5 nitrogen and oxygen atoms in total. The molecule has 1 atom stereocenters. The molecule has 2 aromatic carbocycles. The van der Waals surface area contributed by atoms with E-state index in [0.717, 1.165) is 22.4 Å². The van der Waals surface area contributed by atoms with E-state index in [-0.39, 0.29) is 18.9 Å². The maximum atomic E-state index is 12.5. The lowest BCUT2D eigenvalue weighted by molar-refractivity contribution is -0.116. The first kappa shape index (κ1) is 18.5. The molecule has 0 aliphatic heterocycles. The molecule has 25 heavy (non-hydrogen) atoms. The van der Waals surface area contributed by atoms with Gasteiger partial charge in [-0.25, -0.2) is 4.79 Å². The molecule has 0 fully saturated rings. The van der Waals surface area contributed by atoms with Gasteiger partial charge in [-0.3, -0.25) is 4.79 Å². The molecule has 2 amide bonds. The van der Waals surface area contributed by atoms with E-state index < -0.39 is 12.1 Å². The second-order valence-corrected chi connectivity index (χ2v) is 5.96. The van der Waals surface area contributed by atoms with Crippen LogP contribution in [0, 0.1) is 13.8 Å². The highest BCUT2D eigenvalue weighted by atomic mass is 16.5. The molecule has 2 N–H and O–H groups in total. The zero-order valence-corrected chi connectivity index (χ0v) is 14.8. The van der Waals surface area contributed by atoms with E-state index in [0.29, 0.717) is 0 Å². The van der Waals surface area contributed by atoms with Crippen molar-refractivity contribution in [2.45, 2.75) is 33.2 Å². The molecule has 2 rings (SSSR count). The number of ether oxygens (including phenoxy) is 1. The Kier molecular flexibility index (Phi) is 6.57. The van der Waals surface area contributed by atoms with Gasteiger partial charge in [0.05, 0.1) is 19.1 Å². The van der Waals surface area contributed by atoms with Crippen LogP contribution in [0.1, 0.15) is 36.1 Å². The maximum Gasteiger partial charge on any atom is 0.407 e. The predicted molar refractivity (Wildman–Crippen MR) is 98.5 cm³/mol. The topological polar surface area (TPSA) is 67.4 Å². The van der Waals surface area contributed by atoms with Gasteiger partial charge in [0.25, 0.3) is 0 Å². The summed E-state index contributed by atoms with van der Waals surface area (Å²) in [6, 6.07) is 14.8. The van der Waals surface area contributed by atoms with E-state index in [2.05, 4.69) is 10.6 Å². The largest absolute Gasteiger partial charge is 0.450 e. The van der Waals surface area contributed by atoms with Crippen molar-refractivity contribution in [1.82, 2.24) is 5.32 Å². The normalized spacial score (nSPS) is 11.5. The molecule has 0 heterocycles. The number of carbonyl (C=O) groups is 2. The second-order valence-electron chi connectivity index (χ2n) is 5.96. The number of alkyl carbamates (subject to hydrolysis) is 1. The van der Waals surface area contributed by atoms with Crippen molar-refractivity contribution in [2.75, 3.05) is 11.9 Å². The Bertz CT molecular complexity index is 709. The minimum Gasteiger partial charge on any atom is -0.450 e. The third-order valence-corrected chi connectivity index (χ3v) is 3.66. The number of nitrogens with one attached hydrogen (secondary N) is 2. The summed E-state index contributed by atoms with van der Waals surface area (Å²) in [7, 11) is 0. The standard InChI is InChI=1S/C20H24N2O3/c1-4-25-20(24)22-18(16-8-6-5-7-9-16)13-19(23)21-17-11-14(2)10-15(3)12-17/h5-12,18H,4,13H2,1-3H3,(H,21,23)(H,22,24)/t18-/m0/s1. The summed E-state index contributed by atoms with van der Waals surface area (Å²) in [6.07, 6.45) is -0.411. The summed E-state index contributed by atoms with van der Waals surface area (Å²) in [6.45, 7) is 5.99. The summed E-state index contributed by atoms with van der Waals surface area (Å²) >= 11 is 0. The lowest BCUT2D eigenvalue weighted by Crippen LogP contribution is -2.32. The van der Waals surface area contributed by atoms with Crippen molar-refractivity contribution in [2.24, 2.45) is 0 Å². The van der Waals surface area contributed by atoms with Gasteiger partial charge in [-0.05, 0) is 49.6 Å². The summed E-state index contributed by atoms with van der Waals surface area (Å²) in [4.78, 5) is 24.2. The highest BCUT2D eigenvalue weighted by Gasteiger charge is 2.19. The Morgan fingerprint density at radius 2 is 1.68 bits per heavy atom. The van der Waals surface area contributed by atoms with E-state index in [1.165, 1.54) is 0 Å². The highest BCUT2D eigenvalue weighted by molar-refractivity contribution is 5.91. The fourth-order valence-corrected chi connectivity index (χ4v) is 2.70. The molecular weight excluding hydrogens is 316 g/mol. The van der Waals surface area contributed by atoms with E-state index >= 15 is 0 Å². The Morgan fingerprint density at radius 1 is 1.04 bits per heavy atom. The first-order valence-electron chi connectivity index (χ1n) is 8.34. The Labute approximate surface area is 148 Å². The van der Waals surface area contributed by atoms with Gasteiger partial charge in [0.1, 0.15) is 0 Å². The average molecular weight is 340 g/mol. The summed E-state index contributed by atoms with van der Waals surface area (Å²) in [5, 5.41) is 5.65. The van der Waals surface area contributed by atoms with Crippen LogP contribution in [0.2, 0.25) is 0 Å². The van der Waals surface area contributed by atoms with Crippen molar-refractivity contribution in [3.05, 3.63) is 65.2 Å². The first-order valence-corrected chi connectivity index (χ1v) is 8.34. The van der Waals surface area contributed by atoms with Gasteiger partial charge < -0.3 is 15.4 Å². The number of hydrogen-bond donors (Lipinski definition) is 2. The van der Waals surface area contributed by atoms with Crippen LogP contribution in [0.25, 0.3) is 0 Å². The average Bonchev–Trinajstić information content (AvgIpc) is 2.54. The number of amides is 2. The third-order valence-electron chi connectivity index (χ3n) is 3.66. The van der Waals surface area contributed by atoms with Crippen molar-refractivity contribution in [1.29, 1.82) is 0 Å². The molecule has 5 heteroatoms. The van der Waals surface area contributed by atoms with Crippen LogP contribution in [0.3, 0.4) is 0 Å². The minimum atomic E-state index is -0.532. The zero-order chi connectivity index (χ0) is 18.2. The quantitative estimate of drug-likeness (QED) is 0.831. The fraction of sp³-hybridized carbons (Fsp3) is 0.300. The predicted octanol–water partition coefficient (Wildman–Crippen LogP) is 4.12. The lowest BCUT2D eigenvalue weighted by Gasteiger charge is -2.19. The van der Waals surface area contributed by atoms with Crippen LogP contribution >= 0.6 is 0 Å². The molecule has 0 unspecified atom stereocenters. The lowest BCUT2D eigenvalue weighted by atomic mass is 10.0. The molecule has 0 radical (unpaired) electrons. The van der Waals surface area contributed by atoms with Crippen molar-refractivity contribution in [3.8, 4) is 0 Å². The molecule has 0 aliphatic carbocycles. The minimum absolute atomic E-state index is 0.121. The summed E-state index contributed by atoms with van der Waals surface area (Å²) in [5.41, 5.74) is 3.77. The summed E-state index contributed by atoms with van der Waals surface area (Å²) < 4.78 is 4.94. The number of hydrogen-bond acceptors (Lipinski definition) is 3. The van der Waals surface area contributed by atoms with Crippen LogP contribution < -0.4 is 10.6 Å². The fourth-order valence-electron chi connectivity index (χ4n) is 2.70. The van der Waals surface area contributed by atoms with Gasteiger partial charge in [-0.2, -0.15) is 0 Å². The molecule has 2 aromatic rings. The monoisotopic (exact) mass is 340 g/mol. The van der Waals surface area contributed by atoms with E-state index in [1.54, 1.807) is 6.92 Å². The van der Waals surface area contributed by atoms with Gasteiger partial charge in [0, 0.05) is 5.69 Å². The number of anilines is 1. The summed E-state index contributed by atoms with van der Waals surface area (Å²) in [5.74, 6) is -0.171. The van der Waals surface area contributed by atoms with E-state index in [9.17, 15) is 9.59 Å². The molecule has 0 spiro atoms. The SMILES string of the molecule is CCOC(=O)N[C@@H](CC(=O)Nc1cc(C)cc(C)c1)c1ccccc1. The van der Waals surface area contributed by atoms with Crippen LogP contribution in [0.4, 0.5) is 10.5 Å². The van der Waals surface area contributed by atoms with Crippen LogP contribution in [-0.2, 0) is 9.53 Å². The van der Waals surface area contributed by atoms with Gasteiger partial charge >= 0.3 is 6.09 Å². The van der Waals surface area contributed by atoms with Gasteiger partial charge in [0.2, 0.25) is 5.91 Å². The number of aryl methyl sites for hydroxylation is 2. The number of rotatable bonds is 6. The van der Waals surface area contributed by atoms with Gasteiger partial charge in [-0.1, -0.05) is 36.4 Å². The van der Waals surface area contributed by atoms with Crippen LogP contribution in [0.5, 0.6) is 0 Å². The molecule has 132 valence electrons. The third kappa shape index (κ3) is 5.95. The van der Waals surface area contributed by atoms with E-state index in [1.807, 2.05) is 62.4 Å². The maximum absolute atomic E-state index is 12.5.